The number of carbonyl (C=O) groups excluding carboxylic acids is 1. The molecule has 9 heteroatoms. The quantitative estimate of drug-likeness (QED) is 0.404. The van der Waals surface area contributed by atoms with Crippen molar-refractivity contribution in [2.24, 2.45) is 5.92 Å². The molecule has 36 heavy (non-hydrogen) atoms. The number of hydrogen-bond acceptors (Lipinski definition) is 7. The standard InChI is InChI=1S/C27H26N6O3/c1-17-8-10-19(11-9-17)16-36-21-14-12-20(13-15-21)25-24(18(2)28-27-30-31-32-33(25)27)26(34)29-22-6-4-5-7-23(22)35-3/h4-15,24-25H,2,16H2,1,3H3,(H,29,34)(H,28,30,32). The number of methoxy groups -OCH3 is 1. The van der Waals surface area contributed by atoms with Gasteiger partial charge in [-0.15, -0.1) is 0 Å². The van der Waals surface area contributed by atoms with Crippen LogP contribution in [0, 0.1) is 12.8 Å². The van der Waals surface area contributed by atoms with Crippen LogP contribution >= 0.6 is 0 Å². The lowest BCUT2D eigenvalue weighted by Crippen LogP contribution is -2.39. The minimum atomic E-state index is -0.690. The van der Waals surface area contributed by atoms with E-state index < -0.39 is 12.0 Å². The van der Waals surface area contributed by atoms with Crippen molar-refractivity contribution in [2.75, 3.05) is 17.7 Å². The van der Waals surface area contributed by atoms with Crippen molar-refractivity contribution in [3.05, 3.63) is 102 Å². The molecular formula is C27H26N6O3. The minimum Gasteiger partial charge on any atom is -0.495 e. The predicted molar refractivity (Wildman–Crippen MR) is 136 cm³/mol. The van der Waals surface area contributed by atoms with Crippen molar-refractivity contribution in [1.82, 2.24) is 20.2 Å². The molecule has 1 amide bonds. The average molecular weight is 483 g/mol. The van der Waals surface area contributed by atoms with Gasteiger partial charge in [-0.3, -0.25) is 4.79 Å². The van der Waals surface area contributed by atoms with E-state index in [0.717, 1.165) is 16.9 Å². The highest BCUT2D eigenvalue weighted by Crippen LogP contribution is 2.38. The number of aryl methyl sites for hydroxylation is 1. The van der Waals surface area contributed by atoms with E-state index in [-0.39, 0.29) is 5.91 Å². The zero-order valence-corrected chi connectivity index (χ0v) is 20.0. The summed E-state index contributed by atoms with van der Waals surface area (Å²) < 4.78 is 12.9. The first-order valence-corrected chi connectivity index (χ1v) is 11.5. The average Bonchev–Trinajstić information content (AvgIpc) is 3.36. The number of ether oxygens (including phenoxy) is 2. The Balaban J connectivity index is 1.40. The van der Waals surface area contributed by atoms with Crippen molar-refractivity contribution in [3.8, 4) is 11.5 Å². The summed E-state index contributed by atoms with van der Waals surface area (Å²) in [6.45, 7) is 6.62. The molecule has 0 bridgehead atoms. The Kier molecular flexibility index (Phi) is 6.36. The zero-order chi connectivity index (χ0) is 25.1. The molecule has 0 aliphatic carbocycles. The Hall–Kier alpha value is -4.66. The number of hydrogen-bond donors (Lipinski definition) is 2. The molecule has 5 rings (SSSR count). The Labute approximate surface area is 208 Å². The zero-order valence-electron chi connectivity index (χ0n) is 20.0. The van der Waals surface area contributed by atoms with Gasteiger partial charge in [-0.1, -0.05) is 65.8 Å². The third-order valence-electron chi connectivity index (χ3n) is 6.11. The van der Waals surface area contributed by atoms with Crippen molar-refractivity contribution in [1.29, 1.82) is 0 Å². The number of tetrazole rings is 1. The van der Waals surface area contributed by atoms with Crippen LogP contribution in [0.4, 0.5) is 11.6 Å². The molecule has 2 N–H and O–H groups in total. The smallest absolute Gasteiger partial charge is 0.247 e. The van der Waals surface area contributed by atoms with Gasteiger partial charge < -0.3 is 20.1 Å². The van der Waals surface area contributed by atoms with Crippen LogP contribution in [0.5, 0.6) is 11.5 Å². The maximum atomic E-state index is 13.5. The maximum absolute atomic E-state index is 13.5. The molecule has 1 aromatic heterocycles. The van der Waals surface area contributed by atoms with Crippen LogP contribution in [0.3, 0.4) is 0 Å². The van der Waals surface area contributed by atoms with E-state index in [1.165, 1.54) is 5.56 Å². The highest BCUT2D eigenvalue weighted by molar-refractivity contribution is 5.96. The second kappa shape index (κ2) is 9.91. The number of nitrogens with one attached hydrogen (secondary N) is 2. The second-order valence-electron chi connectivity index (χ2n) is 8.55. The number of carbonyl (C=O) groups is 1. The first kappa shape index (κ1) is 23.1. The topological polar surface area (TPSA) is 103 Å². The number of aromatic nitrogens is 4. The van der Waals surface area contributed by atoms with Gasteiger partial charge in [-0.25, -0.2) is 4.68 Å². The molecule has 9 nitrogen and oxygen atoms in total. The largest absolute Gasteiger partial charge is 0.495 e. The molecule has 0 radical (unpaired) electrons. The molecule has 0 saturated carbocycles. The molecule has 0 saturated heterocycles. The Bertz CT molecular complexity index is 1380. The monoisotopic (exact) mass is 482 g/mol. The minimum absolute atomic E-state index is 0.261. The summed E-state index contributed by atoms with van der Waals surface area (Å²) in [6.07, 6.45) is 0. The SMILES string of the molecule is C=C1Nc2nnnn2C(c2ccc(OCc3ccc(C)cc3)cc2)C1C(=O)Nc1ccccc1OC. The lowest BCUT2D eigenvalue weighted by atomic mass is 9.88. The number of nitrogens with zero attached hydrogens (tertiary/aromatic N) is 4. The third-order valence-corrected chi connectivity index (χ3v) is 6.11. The molecule has 2 unspecified atom stereocenters. The Morgan fingerprint density at radius 2 is 1.83 bits per heavy atom. The Morgan fingerprint density at radius 3 is 2.58 bits per heavy atom. The van der Waals surface area contributed by atoms with Crippen LogP contribution in [0.15, 0.2) is 85.1 Å². The molecule has 1 aliphatic heterocycles. The van der Waals surface area contributed by atoms with E-state index >= 15 is 0 Å². The summed E-state index contributed by atoms with van der Waals surface area (Å²) in [5.41, 5.74) is 4.20. The van der Waals surface area contributed by atoms with Gasteiger partial charge >= 0.3 is 0 Å². The van der Waals surface area contributed by atoms with Gasteiger partial charge in [0.25, 0.3) is 0 Å². The normalized spacial score (nSPS) is 16.6. The molecule has 2 atom stereocenters. The number of rotatable bonds is 7. The molecule has 4 aromatic rings. The first-order chi connectivity index (χ1) is 17.5. The maximum Gasteiger partial charge on any atom is 0.247 e. The van der Waals surface area contributed by atoms with Crippen molar-refractivity contribution in [2.45, 2.75) is 19.6 Å². The summed E-state index contributed by atoms with van der Waals surface area (Å²) in [7, 11) is 1.56. The van der Waals surface area contributed by atoms with Gasteiger partial charge in [-0.05, 0) is 52.7 Å². The first-order valence-electron chi connectivity index (χ1n) is 11.5. The van der Waals surface area contributed by atoms with Crippen LogP contribution in [0.25, 0.3) is 0 Å². The molecule has 1 aliphatic rings. The molecule has 182 valence electrons. The van der Waals surface area contributed by atoms with Crippen LogP contribution in [-0.4, -0.2) is 33.2 Å². The van der Waals surface area contributed by atoms with Gasteiger partial charge in [0.2, 0.25) is 11.9 Å². The summed E-state index contributed by atoms with van der Waals surface area (Å²) in [6, 6.07) is 22.6. The van der Waals surface area contributed by atoms with Gasteiger partial charge in [0.15, 0.2) is 0 Å². The summed E-state index contributed by atoms with van der Waals surface area (Å²) >= 11 is 0. The lowest BCUT2D eigenvalue weighted by Gasteiger charge is -2.33. The van der Waals surface area contributed by atoms with E-state index in [1.54, 1.807) is 23.9 Å². The lowest BCUT2D eigenvalue weighted by molar-refractivity contribution is -0.119. The number of para-hydroxylation sites is 2. The van der Waals surface area contributed by atoms with Crippen molar-refractivity contribution >= 4 is 17.5 Å². The van der Waals surface area contributed by atoms with Gasteiger partial charge in [0.05, 0.1) is 18.8 Å². The van der Waals surface area contributed by atoms with E-state index in [1.807, 2.05) is 36.4 Å². The number of benzene rings is 3. The predicted octanol–water partition coefficient (Wildman–Crippen LogP) is 4.35. The van der Waals surface area contributed by atoms with E-state index in [4.69, 9.17) is 9.47 Å². The summed E-state index contributed by atoms with van der Waals surface area (Å²) in [5, 5.41) is 18.0. The molecular weight excluding hydrogens is 456 g/mol. The van der Waals surface area contributed by atoms with Gasteiger partial charge in [-0.2, -0.15) is 0 Å². The number of anilines is 2. The fraction of sp³-hybridized carbons (Fsp3) is 0.185. The van der Waals surface area contributed by atoms with E-state index in [9.17, 15) is 4.79 Å². The molecule has 0 fully saturated rings. The fourth-order valence-electron chi connectivity index (χ4n) is 4.22. The van der Waals surface area contributed by atoms with Crippen molar-refractivity contribution in [3.63, 3.8) is 0 Å². The second-order valence-corrected chi connectivity index (χ2v) is 8.55. The highest BCUT2D eigenvalue weighted by Gasteiger charge is 2.40. The van der Waals surface area contributed by atoms with E-state index in [2.05, 4.69) is 63.9 Å². The van der Waals surface area contributed by atoms with Gasteiger partial charge in [0, 0.05) is 5.70 Å². The molecule has 3 aromatic carbocycles. The van der Waals surface area contributed by atoms with Crippen LogP contribution < -0.4 is 20.1 Å². The summed E-state index contributed by atoms with van der Waals surface area (Å²) in [5.74, 6) is 0.758. The Morgan fingerprint density at radius 1 is 1.08 bits per heavy atom. The van der Waals surface area contributed by atoms with Crippen LogP contribution in [0.2, 0.25) is 0 Å². The van der Waals surface area contributed by atoms with Crippen LogP contribution in [-0.2, 0) is 11.4 Å². The van der Waals surface area contributed by atoms with Gasteiger partial charge in [0.1, 0.15) is 24.0 Å². The summed E-state index contributed by atoms with van der Waals surface area (Å²) in [4.78, 5) is 13.5. The fourth-order valence-corrected chi connectivity index (χ4v) is 4.22. The van der Waals surface area contributed by atoms with Crippen LogP contribution in [0.1, 0.15) is 22.7 Å². The number of fused-ring (bicyclic) bond motifs is 1. The van der Waals surface area contributed by atoms with E-state index in [0.29, 0.717) is 29.7 Å². The number of amides is 1. The third kappa shape index (κ3) is 4.63. The van der Waals surface area contributed by atoms with Crippen molar-refractivity contribution < 1.29 is 14.3 Å². The highest BCUT2D eigenvalue weighted by atomic mass is 16.5. The molecule has 2 heterocycles. The molecule has 0 spiro atoms.